The lowest BCUT2D eigenvalue weighted by Crippen LogP contribution is -2.48. The zero-order valence-electron chi connectivity index (χ0n) is 18.0. The first-order valence-electron chi connectivity index (χ1n) is 10.3. The molecule has 0 bridgehead atoms. The second-order valence-corrected chi connectivity index (χ2v) is 7.70. The number of ether oxygens (including phenoxy) is 1. The second-order valence-electron chi connectivity index (χ2n) is 7.70. The van der Waals surface area contributed by atoms with Crippen LogP contribution < -0.4 is 15.4 Å². The van der Waals surface area contributed by atoms with Gasteiger partial charge in [-0.15, -0.1) is 0 Å². The van der Waals surface area contributed by atoms with Crippen molar-refractivity contribution in [3.05, 3.63) is 96.1 Å². The van der Waals surface area contributed by atoms with Gasteiger partial charge in [0.2, 0.25) is 11.8 Å². The lowest BCUT2D eigenvalue weighted by Gasteiger charge is -2.25. The van der Waals surface area contributed by atoms with Gasteiger partial charge < -0.3 is 15.4 Å². The van der Waals surface area contributed by atoms with Gasteiger partial charge in [0.25, 0.3) is 0 Å². The zero-order valence-corrected chi connectivity index (χ0v) is 18.0. The Bertz CT molecular complexity index is 947. The fraction of sp³-hybridized carbons (Fsp3) is 0.231. The van der Waals surface area contributed by atoms with E-state index in [1.54, 1.807) is 31.4 Å². The second kappa shape index (κ2) is 10.4. The first kappa shape index (κ1) is 22.1. The van der Waals surface area contributed by atoms with Gasteiger partial charge in [-0.25, -0.2) is 0 Å². The van der Waals surface area contributed by atoms with E-state index < -0.39 is 12.0 Å². The van der Waals surface area contributed by atoms with Gasteiger partial charge in [-0.05, 0) is 41.3 Å². The lowest BCUT2D eigenvalue weighted by molar-refractivity contribution is -0.127. The molecule has 0 heterocycles. The maximum absolute atomic E-state index is 13.4. The highest BCUT2D eigenvalue weighted by molar-refractivity contribution is 5.98. The maximum atomic E-state index is 13.4. The third kappa shape index (κ3) is 5.72. The maximum Gasteiger partial charge on any atom is 0.247 e. The highest BCUT2D eigenvalue weighted by atomic mass is 16.5. The molecule has 2 N–H and O–H groups in total. The molecule has 0 unspecified atom stereocenters. The summed E-state index contributed by atoms with van der Waals surface area (Å²) < 4.78 is 5.15. The van der Waals surface area contributed by atoms with Crippen molar-refractivity contribution in [2.75, 3.05) is 12.4 Å². The molecule has 3 rings (SSSR count). The van der Waals surface area contributed by atoms with Gasteiger partial charge in [0.05, 0.1) is 13.0 Å². The van der Waals surface area contributed by atoms with Crippen LogP contribution in [0, 0.1) is 5.92 Å². The third-order valence-corrected chi connectivity index (χ3v) is 5.13. The minimum Gasteiger partial charge on any atom is -0.497 e. The number of amides is 2. The van der Waals surface area contributed by atoms with Crippen LogP contribution in [0.25, 0.3) is 0 Å². The topological polar surface area (TPSA) is 67.4 Å². The molecule has 0 aromatic heterocycles. The Morgan fingerprint density at radius 1 is 0.742 bits per heavy atom. The van der Waals surface area contributed by atoms with Crippen molar-refractivity contribution in [2.24, 2.45) is 5.92 Å². The Morgan fingerprint density at radius 2 is 1.26 bits per heavy atom. The lowest BCUT2D eigenvalue weighted by atomic mass is 9.89. The summed E-state index contributed by atoms with van der Waals surface area (Å²) in [6, 6.07) is 25.6. The summed E-state index contributed by atoms with van der Waals surface area (Å²) in [5.41, 5.74) is 2.40. The monoisotopic (exact) mass is 416 g/mol. The van der Waals surface area contributed by atoms with E-state index in [0.717, 1.165) is 11.1 Å². The Hall–Kier alpha value is -3.60. The van der Waals surface area contributed by atoms with E-state index in [9.17, 15) is 9.59 Å². The van der Waals surface area contributed by atoms with E-state index in [0.29, 0.717) is 11.4 Å². The SMILES string of the molecule is COc1ccc(NC(=O)[C@H](NC(=O)C(c2ccccc2)c2ccccc2)C(C)C)cc1. The summed E-state index contributed by atoms with van der Waals surface area (Å²) >= 11 is 0. The average molecular weight is 417 g/mol. The number of carbonyl (C=O) groups excluding carboxylic acids is 2. The molecule has 3 aromatic rings. The Kier molecular flexibility index (Phi) is 7.44. The van der Waals surface area contributed by atoms with Crippen molar-refractivity contribution >= 4 is 17.5 Å². The Balaban J connectivity index is 1.81. The molecule has 31 heavy (non-hydrogen) atoms. The van der Waals surface area contributed by atoms with Crippen molar-refractivity contribution in [2.45, 2.75) is 25.8 Å². The van der Waals surface area contributed by atoms with Crippen LogP contribution in [0.5, 0.6) is 5.75 Å². The molecule has 0 aliphatic carbocycles. The molecule has 0 radical (unpaired) electrons. The molecule has 160 valence electrons. The quantitative estimate of drug-likeness (QED) is 0.564. The van der Waals surface area contributed by atoms with Crippen LogP contribution in [-0.4, -0.2) is 25.0 Å². The summed E-state index contributed by atoms with van der Waals surface area (Å²) in [5, 5.41) is 5.87. The van der Waals surface area contributed by atoms with E-state index in [4.69, 9.17) is 4.74 Å². The van der Waals surface area contributed by atoms with Crippen molar-refractivity contribution in [3.63, 3.8) is 0 Å². The average Bonchev–Trinajstić information content (AvgIpc) is 2.79. The largest absolute Gasteiger partial charge is 0.497 e. The molecule has 0 saturated heterocycles. The molecule has 0 aliphatic rings. The number of nitrogens with one attached hydrogen (secondary N) is 2. The number of anilines is 1. The molecule has 2 amide bonds. The van der Waals surface area contributed by atoms with Crippen molar-refractivity contribution < 1.29 is 14.3 Å². The van der Waals surface area contributed by atoms with E-state index in [1.807, 2.05) is 74.5 Å². The first-order valence-corrected chi connectivity index (χ1v) is 10.3. The van der Waals surface area contributed by atoms with E-state index in [2.05, 4.69) is 10.6 Å². The Labute approximate surface area is 183 Å². The number of hydrogen-bond donors (Lipinski definition) is 2. The standard InChI is InChI=1S/C26H28N2O3/c1-18(2)24(26(30)27-21-14-16-22(31-3)17-15-21)28-25(29)23(19-10-6-4-7-11-19)20-12-8-5-9-13-20/h4-18,23-24H,1-3H3,(H,27,30)(H,28,29)/t24-/m1/s1. The normalized spacial score (nSPS) is 11.8. The summed E-state index contributed by atoms with van der Waals surface area (Å²) in [4.78, 5) is 26.4. The number of benzene rings is 3. The number of rotatable bonds is 8. The van der Waals surface area contributed by atoms with Crippen LogP contribution >= 0.6 is 0 Å². The van der Waals surface area contributed by atoms with Gasteiger partial charge in [-0.1, -0.05) is 74.5 Å². The summed E-state index contributed by atoms with van der Waals surface area (Å²) in [6.07, 6.45) is 0. The van der Waals surface area contributed by atoms with E-state index in [-0.39, 0.29) is 17.7 Å². The van der Waals surface area contributed by atoms with Crippen LogP contribution in [0.2, 0.25) is 0 Å². The third-order valence-electron chi connectivity index (χ3n) is 5.13. The number of methoxy groups -OCH3 is 1. The molecule has 5 nitrogen and oxygen atoms in total. The van der Waals surface area contributed by atoms with Crippen LogP contribution in [-0.2, 0) is 9.59 Å². The summed E-state index contributed by atoms with van der Waals surface area (Å²) in [7, 11) is 1.59. The molecule has 0 spiro atoms. The van der Waals surface area contributed by atoms with Gasteiger partial charge in [0, 0.05) is 5.69 Å². The van der Waals surface area contributed by atoms with Crippen LogP contribution in [0.1, 0.15) is 30.9 Å². The summed E-state index contributed by atoms with van der Waals surface area (Å²) in [6.45, 7) is 3.83. The molecule has 5 heteroatoms. The Morgan fingerprint density at radius 3 is 1.71 bits per heavy atom. The molecular formula is C26H28N2O3. The van der Waals surface area contributed by atoms with Gasteiger partial charge in [0.1, 0.15) is 11.8 Å². The number of carbonyl (C=O) groups is 2. The molecule has 0 aliphatic heterocycles. The van der Waals surface area contributed by atoms with Crippen molar-refractivity contribution in [1.82, 2.24) is 5.32 Å². The van der Waals surface area contributed by atoms with Gasteiger partial charge in [-0.2, -0.15) is 0 Å². The van der Waals surface area contributed by atoms with Crippen molar-refractivity contribution in [1.29, 1.82) is 0 Å². The zero-order chi connectivity index (χ0) is 22.2. The molecule has 0 fully saturated rings. The predicted octanol–water partition coefficient (Wildman–Crippen LogP) is 4.61. The van der Waals surface area contributed by atoms with Gasteiger partial charge in [0.15, 0.2) is 0 Å². The fourth-order valence-electron chi connectivity index (χ4n) is 3.45. The highest BCUT2D eigenvalue weighted by Crippen LogP contribution is 2.25. The smallest absolute Gasteiger partial charge is 0.247 e. The van der Waals surface area contributed by atoms with Crippen molar-refractivity contribution in [3.8, 4) is 5.75 Å². The first-order chi connectivity index (χ1) is 15.0. The fourth-order valence-corrected chi connectivity index (χ4v) is 3.45. The minimum atomic E-state index is -0.676. The minimum absolute atomic E-state index is 0.0885. The van der Waals surface area contributed by atoms with E-state index in [1.165, 1.54) is 0 Å². The van der Waals surface area contributed by atoms with Crippen LogP contribution in [0.15, 0.2) is 84.9 Å². The van der Waals surface area contributed by atoms with Gasteiger partial charge >= 0.3 is 0 Å². The molecule has 1 atom stereocenters. The van der Waals surface area contributed by atoms with E-state index >= 15 is 0 Å². The molecular weight excluding hydrogens is 388 g/mol. The molecule has 3 aromatic carbocycles. The predicted molar refractivity (Wildman–Crippen MR) is 123 cm³/mol. The molecule has 0 saturated carbocycles. The highest BCUT2D eigenvalue weighted by Gasteiger charge is 2.29. The number of hydrogen-bond acceptors (Lipinski definition) is 3. The van der Waals surface area contributed by atoms with Crippen LogP contribution in [0.3, 0.4) is 0 Å². The summed E-state index contributed by atoms with van der Waals surface area (Å²) in [5.74, 6) is -0.346. The van der Waals surface area contributed by atoms with Gasteiger partial charge in [-0.3, -0.25) is 9.59 Å². The van der Waals surface area contributed by atoms with Crippen LogP contribution in [0.4, 0.5) is 5.69 Å².